The van der Waals surface area contributed by atoms with Gasteiger partial charge in [-0.15, -0.1) is 0 Å². The van der Waals surface area contributed by atoms with E-state index in [-0.39, 0.29) is 37.7 Å². The monoisotopic (exact) mass is 346 g/mol. The summed E-state index contributed by atoms with van der Waals surface area (Å²) in [5.41, 5.74) is 13.7. The van der Waals surface area contributed by atoms with E-state index < -0.39 is 0 Å². The zero-order chi connectivity index (χ0) is 8.72. The van der Waals surface area contributed by atoms with E-state index in [9.17, 15) is 0 Å². The van der Waals surface area contributed by atoms with Crippen molar-refractivity contribution in [3.8, 4) is 0 Å². The van der Waals surface area contributed by atoms with Gasteiger partial charge in [0.05, 0.1) is 0 Å². The van der Waals surface area contributed by atoms with Crippen LogP contribution in [-0.4, -0.2) is 0 Å². The summed E-state index contributed by atoms with van der Waals surface area (Å²) in [4.78, 5) is 1.38. The van der Waals surface area contributed by atoms with E-state index in [0.717, 1.165) is 17.1 Å². The predicted molar refractivity (Wildman–Crippen MR) is 54.1 cm³/mol. The molecule has 77 valence electrons. The van der Waals surface area contributed by atoms with Crippen molar-refractivity contribution < 1.29 is 37.7 Å². The van der Waals surface area contributed by atoms with E-state index in [1.54, 1.807) is 11.3 Å². The molecule has 0 aliphatic heterocycles. The summed E-state index contributed by atoms with van der Waals surface area (Å²) >= 11 is 1.65. The molecule has 0 aromatic carbocycles. The third kappa shape index (κ3) is 1.94. The fourth-order valence-corrected chi connectivity index (χ4v) is 2.91. The number of anilines is 2. The number of nitrogen functional groups attached to an aromatic ring is 2. The summed E-state index contributed by atoms with van der Waals surface area (Å²) < 4.78 is 0. The second-order valence-corrected chi connectivity index (χ2v) is 4.45. The van der Waals surface area contributed by atoms with Crippen molar-refractivity contribution in [2.45, 2.75) is 26.2 Å². The maximum atomic E-state index is 5.88. The molecule has 13 heavy (non-hydrogen) atoms. The molecular weight excluding hydrogens is 333 g/mol. The van der Waals surface area contributed by atoms with Gasteiger partial charge in [-0.2, -0.15) is 11.5 Å². The molecule has 1 radical (unpaired) electrons. The first-order valence-electron chi connectivity index (χ1n) is 4.19. The molecule has 2 rings (SSSR count). The standard InChI is InChI=1S/C9H13N2S.Ho/c1-5-3-2-4-6-7(5)8(10)9(11)12-6;/h2-4,10-11H2,1H3;/q-1;. The zero-order valence-electron chi connectivity index (χ0n) is 7.49. The minimum absolute atomic E-state index is 0. The Morgan fingerprint density at radius 3 is 2.69 bits per heavy atom. The molecule has 1 aromatic rings. The first kappa shape index (κ1) is 11.5. The molecule has 1 heterocycles. The molecule has 4 heteroatoms. The van der Waals surface area contributed by atoms with Crippen LogP contribution in [0.2, 0.25) is 0 Å². The van der Waals surface area contributed by atoms with E-state index in [1.807, 2.05) is 0 Å². The molecule has 1 aliphatic rings. The third-order valence-electron chi connectivity index (χ3n) is 2.43. The number of aryl methyl sites for hydroxylation is 1. The minimum atomic E-state index is 0. The smallest absolute Gasteiger partial charge is 0.0393 e. The van der Waals surface area contributed by atoms with Crippen LogP contribution >= 0.6 is 11.3 Å². The van der Waals surface area contributed by atoms with Gasteiger partial charge in [-0.25, -0.2) is 11.3 Å². The van der Waals surface area contributed by atoms with Crippen molar-refractivity contribution in [2.24, 2.45) is 0 Å². The van der Waals surface area contributed by atoms with Crippen LogP contribution in [0.1, 0.15) is 30.2 Å². The van der Waals surface area contributed by atoms with Gasteiger partial charge in [-0.1, -0.05) is 31.1 Å². The second-order valence-electron chi connectivity index (χ2n) is 3.31. The Labute approximate surface area is 113 Å². The van der Waals surface area contributed by atoms with Crippen LogP contribution in [0, 0.1) is 43.7 Å². The van der Waals surface area contributed by atoms with Crippen molar-refractivity contribution in [1.82, 2.24) is 0 Å². The summed E-state index contributed by atoms with van der Waals surface area (Å²) in [6, 6.07) is 0. The quantitative estimate of drug-likeness (QED) is 0.559. The fraction of sp³-hybridized carbons (Fsp3) is 0.444. The van der Waals surface area contributed by atoms with Crippen molar-refractivity contribution >= 4 is 22.0 Å². The second kappa shape index (κ2) is 4.30. The molecule has 0 saturated carbocycles. The van der Waals surface area contributed by atoms with Gasteiger partial charge >= 0.3 is 0 Å². The summed E-state index contributed by atoms with van der Waals surface area (Å²) in [5, 5.41) is 0.793. The van der Waals surface area contributed by atoms with Crippen LogP contribution in [0.25, 0.3) is 0 Å². The fourth-order valence-electron chi connectivity index (χ4n) is 1.80. The van der Waals surface area contributed by atoms with E-state index in [4.69, 9.17) is 11.5 Å². The van der Waals surface area contributed by atoms with Gasteiger partial charge < -0.3 is 11.5 Å². The van der Waals surface area contributed by atoms with Crippen molar-refractivity contribution in [2.75, 3.05) is 11.5 Å². The summed E-state index contributed by atoms with van der Waals surface area (Å²) in [6.07, 6.45) is 3.57. The first-order chi connectivity index (χ1) is 5.70. The van der Waals surface area contributed by atoms with Gasteiger partial charge in [0.2, 0.25) is 0 Å². The maximum Gasteiger partial charge on any atom is 0.0393 e. The van der Waals surface area contributed by atoms with Gasteiger partial charge in [0.25, 0.3) is 0 Å². The van der Waals surface area contributed by atoms with Gasteiger partial charge in [0.15, 0.2) is 0 Å². The van der Waals surface area contributed by atoms with E-state index in [1.165, 1.54) is 29.2 Å². The average molecular weight is 346 g/mol. The number of thiophene rings is 1. The molecule has 0 unspecified atom stereocenters. The van der Waals surface area contributed by atoms with E-state index >= 15 is 0 Å². The molecular formula is C9H13HoN2S-. The molecule has 0 bridgehead atoms. The summed E-state index contributed by atoms with van der Waals surface area (Å²) in [5.74, 6) is 1.40. The molecule has 0 atom stereocenters. The van der Waals surface area contributed by atoms with E-state index in [0.29, 0.717) is 0 Å². The average Bonchev–Trinajstić information content (AvgIpc) is 2.29. The summed E-state index contributed by atoms with van der Waals surface area (Å²) in [6.45, 7) is 2.15. The largest absolute Gasteiger partial charge is 0.447 e. The molecule has 0 amide bonds. The van der Waals surface area contributed by atoms with Crippen LogP contribution < -0.4 is 11.5 Å². The maximum absolute atomic E-state index is 5.88. The third-order valence-corrected chi connectivity index (χ3v) is 3.52. The summed E-state index contributed by atoms with van der Waals surface area (Å²) in [7, 11) is 0. The van der Waals surface area contributed by atoms with Gasteiger partial charge in [-0.3, -0.25) is 0 Å². The molecule has 1 aromatic heterocycles. The van der Waals surface area contributed by atoms with Gasteiger partial charge in [-0.05, 0) is 5.69 Å². The van der Waals surface area contributed by atoms with Crippen LogP contribution in [-0.2, 0) is 6.42 Å². The first-order valence-corrected chi connectivity index (χ1v) is 5.01. The normalized spacial score (nSPS) is 15.0. The Balaban J connectivity index is 0.000000845. The molecule has 1 aliphatic carbocycles. The van der Waals surface area contributed by atoms with Crippen molar-refractivity contribution in [3.63, 3.8) is 0 Å². The van der Waals surface area contributed by atoms with Crippen LogP contribution in [0.4, 0.5) is 10.7 Å². The van der Waals surface area contributed by atoms with Crippen LogP contribution in [0.3, 0.4) is 0 Å². The van der Waals surface area contributed by atoms with Gasteiger partial charge in [0, 0.05) is 42.7 Å². The molecule has 0 spiro atoms. The van der Waals surface area contributed by atoms with E-state index in [2.05, 4.69) is 6.92 Å². The van der Waals surface area contributed by atoms with Gasteiger partial charge in [0.1, 0.15) is 0 Å². The number of fused-ring (bicyclic) bond motifs is 1. The Hall–Kier alpha value is 0.430. The molecule has 4 N–H and O–H groups in total. The number of hydrogen-bond donors (Lipinski definition) is 2. The zero-order valence-corrected chi connectivity index (χ0v) is 10.2. The van der Waals surface area contributed by atoms with Crippen LogP contribution in [0.15, 0.2) is 0 Å². The number of hydrogen-bond acceptors (Lipinski definition) is 3. The number of rotatable bonds is 0. The topological polar surface area (TPSA) is 52.0 Å². The Kier molecular flexibility index (Phi) is 3.81. The molecule has 0 saturated heterocycles. The Morgan fingerprint density at radius 2 is 2.08 bits per heavy atom. The van der Waals surface area contributed by atoms with Crippen molar-refractivity contribution in [3.05, 3.63) is 16.4 Å². The number of nitrogens with two attached hydrogens (primary N) is 2. The predicted octanol–water partition coefficient (Wildman–Crippen LogP) is 2.19. The Bertz CT molecular complexity index is 309. The molecule has 2 nitrogen and oxygen atoms in total. The van der Waals surface area contributed by atoms with Crippen LogP contribution in [0.5, 0.6) is 0 Å². The Morgan fingerprint density at radius 1 is 1.38 bits per heavy atom. The van der Waals surface area contributed by atoms with Crippen molar-refractivity contribution in [1.29, 1.82) is 0 Å². The minimum Gasteiger partial charge on any atom is -0.447 e. The molecule has 0 fully saturated rings. The SMILES string of the molecule is C[C-]1CCCc2sc(N)c(N)c21.[Ho].